The number of imide groups is 1. The highest BCUT2D eigenvalue weighted by Crippen LogP contribution is 2.32. The Labute approximate surface area is 161 Å². The fourth-order valence-corrected chi connectivity index (χ4v) is 2.87. The van der Waals surface area contributed by atoms with Crippen molar-refractivity contribution in [2.75, 3.05) is 13.2 Å². The van der Waals surface area contributed by atoms with Gasteiger partial charge in [-0.3, -0.25) is 14.9 Å². The fraction of sp³-hybridized carbons (Fsp3) is 0.474. The predicted molar refractivity (Wildman–Crippen MR) is 98.9 cm³/mol. The number of aromatic nitrogens is 1. The molecule has 1 unspecified atom stereocenters. The molecular formula is C19H23N3O6. The lowest BCUT2D eigenvalue weighted by Crippen LogP contribution is -2.39. The van der Waals surface area contributed by atoms with E-state index in [1.807, 2.05) is 0 Å². The Hall–Kier alpha value is -3.10. The predicted octanol–water partition coefficient (Wildman–Crippen LogP) is 2.25. The molecule has 0 spiro atoms. The van der Waals surface area contributed by atoms with Crippen molar-refractivity contribution >= 4 is 28.9 Å². The molecule has 1 aromatic heterocycles. The Morgan fingerprint density at radius 3 is 2.86 bits per heavy atom. The first-order chi connectivity index (χ1) is 13.2. The van der Waals surface area contributed by atoms with Gasteiger partial charge in [0.2, 0.25) is 11.8 Å². The van der Waals surface area contributed by atoms with Gasteiger partial charge in [0.25, 0.3) is 0 Å². The van der Waals surface area contributed by atoms with Crippen LogP contribution in [0.4, 0.5) is 4.79 Å². The van der Waals surface area contributed by atoms with Gasteiger partial charge in [-0.15, -0.1) is 0 Å². The highest BCUT2D eigenvalue weighted by atomic mass is 16.6. The van der Waals surface area contributed by atoms with Crippen molar-refractivity contribution in [1.82, 2.24) is 15.8 Å². The van der Waals surface area contributed by atoms with Gasteiger partial charge in [0.1, 0.15) is 23.7 Å². The standard InChI is InChI=1S/C19H23N3O6/c1-19(2,3)27-18(25)20-8-9-26-11-4-5-12-14(10-11)28-22-16(12)13-6-7-15(23)21-17(13)24/h4-5,10,13H,6-9H2,1-3H3,(H,20,25)(H,21,23,24). The number of amides is 3. The van der Waals surface area contributed by atoms with Gasteiger partial charge < -0.3 is 19.3 Å². The van der Waals surface area contributed by atoms with Crippen LogP contribution in [-0.4, -0.2) is 41.8 Å². The van der Waals surface area contributed by atoms with E-state index in [2.05, 4.69) is 15.8 Å². The third kappa shape index (κ3) is 4.79. The minimum absolute atomic E-state index is 0.249. The first kappa shape index (κ1) is 19.7. The largest absolute Gasteiger partial charge is 0.492 e. The van der Waals surface area contributed by atoms with Crippen LogP contribution in [0.2, 0.25) is 0 Å². The third-order valence-electron chi connectivity index (χ3n) is 4.08. The van der Waals surface area contributed by atoms with E-state index in [1.165, 1.54) is 0 Å². The number of carbonyl (C=O) groups is 3. The van der Waals surface area contributed by atoms with E-state index in [-0.39, 0.29) is 31.4 Å². The van der Waals surface area contributed by atoms with E-state index in [9.17, 15) is 14.4 Å². The van der Waals surface area contributed by atoms with E-state index < -0.39 is 17.6 Å². The summed E-state index contributed by atoms with van der Waals surface area (Å²) in [6, 6.07) is 5.18. The monoisotopic (exact) mass is 389 g/mol. The van der Waals surface area contributed by atoms with Gasteiger partial charge >= 0.3 is 6.09 Å². The van der Waals surface area contributed by atoms with Gasteiger partial charge in [-0.05, 0) is 39.3 Å². The summed E-state index contributed by atoms with van der Waals surface area (Å²) >= 11 is 0. The van der Waals surface area contributed by atoms with E-state index in [0.717, 1.165) is 0 Å². The van der Waals surface area contributed by atoms with Crippen LogP contribution in [0, 0.1) is 0 Å². The number of benzene rings is 1. The topological polar surface area (TPSA) is 120 Å². The molecule has 2 N–H and O–H groups in total. The molecule has 0 saturated carbocycles. The van der Waals surface area contributed by atoms with Crippen molar-refractivity contribution < 1.29 is 28.4 Å². The molecule has 2 aromatic rings. The number of hydrogen-bond acceptors (Lipinski definition) is 7. The summed E-state index contributed by atoms with van der Waals surface area (Å²) in [4.78, 5) is 34.9. The summed E-state index contributed by atoms with van der Waals surface area (Å²) < 4.78 is 16.1. The fourth-order valence-electron chi connectivity index (χ4n) is 2.87. The SMILES string of the molecule is CC(C)(C)OC(=O)NCCOc1ccc2c(C3CCC(=O)NC3=O)noc2c1. The molecule has 0 aliphatic carbocycles. The molecule has 3 amide bonds. The molecule has 1 fully saturated rings. The molecule has 0 bridgehead atoms. The zero-order valence-electron chi connectivity index (χ0n) is 16.0. The zero-order valence-corrected chi connectivity index (χ0v) is 16.0. The molecule has 28 heavy (non-hydrogen) atoms. The Morgan fingerprint density at radius 1 is 1.36 bits per heavy atom. The van der Waals surface area contributed by atoms with Crippen molar-refractivity contribution in [3.8, 4) is 5.75 Å². The van der Waals surface area contributed by atoms with Crippen molar-refractivity contribution in [1.29, 1.82) is 0 Å². The van der Waals surface area contributed by atoms with Crippen LogP contribution in [0.25, 0.3) is 11.0 Å². The normalized spacial score (nSPS) is 17.3. The molecule has 9 heteroatoms. The average molecular weight is 389 g/mol. The van der Waals surface area contributed by atoms with Gasteiger partial charge in [0.15, 0.2) is 5.58 Å². The van der Waals surface area contributed by atoms with Gasteiger partial charge in [0.05, 0.1) is 12.5 Å². The van der Waals surface area contributed by atoms with Gasteiger partial charge in [0, 0.05) is 17.9 Å². The van der Waals surface area contributed by atoms with E-state index in [1.54, 1.807) is 39.0 Å². The van der Waals surface area contributed by atoms with Crippen LogP contribution >= 0.6 is 0 Å². The average Bonchev–Trinajstić information content (AvgIpc) is 3.00. The van der Waals surface area contributed by atoms with E-state index >= 15 is 0 Å². The first-order valence-electron chi connectivity index (χ1n) is 9.05. The summed E-state index contributed by atoms with van der Waals surface area (Å²) in [5, 5.41) is 9.65. The number of alkyl carbamates (subject to hydrolysis) is 1. The molecule has 150 valence electrons. The van der Waals surface area contributed by atoms with Crippen LogP contribution < -0.4 is 15.4 Å². The summed E-state index contributed by atoms with van der Waals surface area (Å²) in [5.74, 6) is -0.599. The number of rotatable bonds is 5. The molecule has 1 atom stereocenters. The zero-order chi connectivity index (χ0) is 20.3. The van der Waals surface area contributed by atoms with Gasteiger partial charge in [-0.2, -0.15) is 0 Å². The number of ether oxygens (including phenoxy) is 2. The maximum atomic E-state index is 12.0. The number of fused-ring (bicyclic) bond motifs is 1. The number of carbonyl (C=O) groups excluding carboxylic acids is 3. The number of nitrogens with zero attached hydrogens (tertiary/aromatic N) is 1. The lowest BCUT2D eigenvalue weighted by molar-refractivity contribution is -0.134. The van der Waals surface area contributed by atoms with Crippen LogP contribution in [0.5, 0.6) is 5.75 Å². The van der Waals surface area contributed by atoms with Crippen molar-refractivity contribution in [2.45, 2.75) is 45.1 Å². The van der Waals surface area contributed by atoms with Crippen LogP contribution in [-0.2, 0) is 14.3 Å². The number of hydrogen-bond donors (Lipinski definition) is 2. The molecule has 1 aliphatic rings. The summed E-state index contributed by atoms with van der Waals surface area (Å²) in [7, 11) is 0. The minimum Gasteiger partial charge on any atom is -0.492 e. The number of nitrogens with one attached hydrogen (secondary N) is 2. The maximum absolute atomic E-state index is 12.0. The molecule has 1 aliphatic heterocycles. The molecule has 2 heterocycles. The second-order valence-electron chi connectivity index (χ2n) is 7.51. The van der Waals surface area contributed by atoms with Gasteiger partial charge in [-0.1, -0.05) is 5.16 Å². The minimum atomic E-state index is -0.553. The molecule has 9 nitrogen and oxygen atoms in total. The van der Waals surface area contributed by atoms with Crippen LogP contribution in [0.1, 0.15) is 45.2 Å². The Kier molecular flexibility index (Phi) is 5.53. The molecular weight excluding hydrogens is 366 g/mol. The van der Waals surface area contributed by atoms with Gasteiger partial charge in [-0.25, -0.2) is 4.79 Å². The summed E-state index contributed by atoms with van der Waals surface area (Å²) in [5.41, 5.74) is 0.443. The number of piperidine rings is 1. The molecule has 3 rings (SSSR count). The van der Waals surface area contributed by atoms with Crippen molar-refractivity contribution in [3.63, 3.8) is 0 Å². The van der Waals surface area contributed by atoms with E-state index in [4.69, 9.17) is 14.0 Å². The lowest BCUT2D eigenvalue weighted by atomic mass is 9.93. The summed E-state index contributed by atoms with van der Waals surface area (Å²) in [6.07, 6.45) is 0.174. The Morgan fingerprint density at radius 2 is 2.14 bits per heavy atom. The van der Waals surface area contributed by atoms with Crippen molar-refractivity contribution in [3.05, 3.63) is 23.9 Å². The lowest BCUT2D eigenvalue weighted by Gasteiger charge is -2.19. The molecule has 1 saturated heterocycles. The Bertz CT molecular complexity index is 899. The van der Waals surface area contributed by atoms with Crippen molar-refractivity contribution in [2.24, 2.45) is 0 Å². The highest BCUT2D eigenvalue weighted by Gasteiger charge is 2.31. The van der Waals surface area contributed by atoms with Crippen LogP contribution in [0.3, 0.4) is 0 Å². The second-order valence-corrected chi connectivity index (χ2v) is 7.51. The Balaban J connectivity index is 1.58. The third-order valence-corrected chi connectivity index (χ3v) is 4.08. The second kappa shape index (κ2) is 7.87. The highest BCUT2D eigenvalue weighted by molar-refractivity contribution is 6.02. The smallest absolute Gasteiger partial charge is 0.407 e. The first-order valence-corrected chi connectivity index (χ1v) is 9.05. The maximum Gasteiger partial charge on any atom is 0.407 e. The quantitative estimate of drug-likeness (QED) is 0.594. The summed E-state index contributed by atoms with van der Waals surface area (Å²) in [6.45, 7) is 5.90. The van der Waals surface area contributed by atoms with Crippen LogP contribution in [0.15, 0.2) is 22.7 Å². The molecule has 0 radical (unpaired) electrons. The molecule has 1 aromatic carbocycles. The van der Waals surface area contributed by atoms with E-state index in [0.29, 0.717) is 28.8 Å².